The fourth-order valence-corrected chi connectivity index (χ4v) is 2.95. The molecule has 3 rings (SSSR count). The number of hydrogen-bond acceptors (Lipinski definition) is 5. The zero-order valence-electron chi connectivity index (χ0n) is 12.8. The smallest absolute Gasteiger partial charge is 0.272 e. The van der Waals surface area contributed by atoms with Gasteiger partial charge in [0.05, 0.1) is 26.3 Å². The molecule has 120 valence electrons. The van der Waals surface area contributed by atoms with Gasteiger partial charge in [0.1, 0.15) is 17.9 Å². The molecule has 3 heterocycles. The molecule has 1 unspecified atom stereocenters. The van der Waals surface area contributed by atoms with E-state index in [9.17, 15) is 9.59 Å². The molecular weight excluding hydrogens is 288 g/mol. The molecule has 0 aliphatic carbocycles. The quantitative estimate of drug-likeness (QED) is 0.673. The normalized spacial score (nSPS) is 26.4. The molecular formula is C14H20N4O4. The van der Waals surface area contributed by atoms with Crippen LogP contribution in [0, 0.1) is 0 Å². The van der Waals surface area contributed by atoms with Gasteiger partial charge in [0.2, 0.25) is 5.91 Å². The number of likely N-dealkylation sites (N-methyl/N-ethyl adjacent to an activating group) is 1. The van der Waals surface area contributed by atoms with Crippen LogP contribution in [0.15, 0.2) is 12.3 Å². The van der Waals surface area contributed by atoms with Crippen LogP contribution in [0.25, 0.3) is 0 Å². The minimum Gasteiger partial charge on any atom is -0.368 e. The van der Waals surface area contributed by atoms with Gasteiger partial charge in [-0.3, -0.25) is 14.3 Å². The lowest BCUT2D eigenvalue weighted by Gasteiger charge is -2.42. The summed E-state index contributed by atoms with van der Waals surface area (Å²) in [5.74, 6) is -0.156. The van der Waals surface area contributed by atoms with Gasteiger partial charge in [-0.05, 0) is 6.07 Å². The Hall–Kier alpha value is -1.93. The van der Waals surface area contributed by atoms with E-state index in [1.165, 1.54) is 0 Å². The van der Waals surface area contributed by atoms with Crippen molar-refractivity contribution in [3.63, 3.8) is 0 Å². The monoisotopic (exact) mass is 308 g/mol. The Kier molecular flexibility index (Phi) is 3.88. The van der Waals surface area contributed by atoms with Crippen LogP contribution in [0.3, 0.4) is 0 Å². The maximum Gasteiger partial charge on any atom is 0.272 e. The van der Waals surface area contributed by atoms with Crippen molar-refractivity contribution in [2.24, 2.45) is 7.05 Å². The summed E-state index contributed by atoms with van der Waals surface area (Å²) >= 11 is 0. The Morgan fingerprint density at radius 3 is 2.91 bits per heavy atom. The average molecular weight is 308 g/mol. The Balaban J connectivity index is 1.77. The molecule has 22 heavy (non-hydrogen) atoms. The first-order valence-electron chi connectivity index (χ1n) is 7.24. The van der Waals surface area contributed by atoms with E-state index in [0.29, 0.717) is 38.5 Å². The number of aromatic nitrogens is 2. The highest BCUT2D eigenvalue weighted by Gasteiger charge is 2.42. The van der Waals surface area contributed by atoms with E-state index in [0.717, 1.165) is 0 Å². The summed E-state index contributed by atoms with van der Waals surface area (Å²) in [6.07, 6.45) is 1.60. The zero-order chi connectivity index (χ0) is 15.7. The van der Waals surface area contributed by atoms with Gasteiger partial charge in [-0.1, -0.05) is 0 Å². The zero-order valence-corrected chi connectivity index (χ0v) is 12.8. The van der Waals surface area contributed by atoms with Crippen molar-refractivity contribution in [1.29, 1.82) is 0 Å². The number of aryl methyl sites for hydroxylation is 1. The van der Waals surface area contributed by atoms with Crippen molar-refractivity contribution in [3.8, 4) is 0 Å². The van der Waals surface area contributed by atoms with Crippen molar-refractivity contribution < 1.29 is 19.1 Å². The molecule has 1 aromatic heterocycles. The standard InChI is InChI=1S/C14H20N4O4/c1-16-8-14(10-21-7-12(16)19)9-18(5-6-22-14)13(20)11-3-4-15-17(11)2/h3-4H,5-10H2,1-2H3. The number of morpholine rings is 1. The first kappa shape index (κ1) is 15.0. The molecule has 1 spiro atoms. The second kappa shape index (κ2) is 5.69. The van der Waals surface area contributed by atoms with E-state index < -0.39 is 5.60 Å². The summed E-state index contributed by atoms with van der Waals surface area (Å²) in [5, 5.41) is 4.03. The molecule has 0 bridgehead atoms. The molecule has 0 radical (unpaired) electrons. The van der Waals surface area contributed by atoms with Crippen LogP contribution in [-0.4, -0.2) is 83.5 Å². The third-order valence-corrected chi connectivity index (χ3v) is 4.12. The number of carbonyl (C=O) groups is 2. The number of hydrogen-bond donors (Lipinski definition) is 0. The number of amides is 2. The van der Waals surface area contributed by atoms with Crippen LogP contribution in [-0.2, 0) is 21.3 Å². The molecule has 0 N–H and O–H groups in total. The highest BCUT2D eigenvalue weighted by Crippen LogP contribution is 2.23. The Morgan fingerprint density at radius 2 is 2.18 bits per heavy atom. The van der Waals surface area contributed by atoms with Gasteiger partial charge >= 0.3 is 0 Å². The van der Waals surface area contributed by atoms with Crippen molar-refractivity contribution in [2.45, 2.75) is 5.60 Å². The largest absolute Gasteiger partial charge is 0.368 e. The Labute approximate surface area is 128 Å². The predicted octanol–water partition coefficient (Wildman–Crippen LogP) is -0.880. The molecule has 2 fully saturated rings. The van der Waals surface area contributed by atoms with Gasteiger partial charge in [0.15, 0.2) is 0 Å². The molecule has 1 aromatic rings. The van der Waals surface area contributed by atoms with Crippen molar-refractivity contribution >= 4 is 11.8 Å². The maximum atomic E-state index is 12.6. The fourth-order valence-electron chi connectivity index (χ4n) is 2.95. The molecule has 0 saturated carbocycles. The minimum atomic E-state index is -0.659. The lowest BCUT2D eigenvalue weighted by atomic mass is 10.0. The van der Waals surface area contributed by atoms with Crippen molar-refractivity contribution in [3.05, 3.63) is 18.0 Å². The SMILES string of the molecule is CN1CC2(COCC1=O)CN(C(=O)c1ccnn1C)CCO2. The topological polar surface area (TPSA) is 76.9 Å². The molecule has 8 heteroatoms. The molecule has 2 saturated heterocycles. The summed E-state index contributed by atoms with van der Waals surface area (Å²) in [5.41, 5.74) is -0.121. The second-order valence-electron chi connectivity index (χ2n) is 5.84. The number of nitrogens with zero attached hydrogens (tertiary/aromatic N) is 4. The van der Waals surface area contributed by atoms with Crippen LogP contribution in [0.5, 0.6) is 0 Å². The first-order valence-corrected chi connectivity index (χ1v) is 7.24. The van der Waals surface area contributed by atoms with Gasteiger partial charge in [-0.15, -0.1) is 0 Å². The van der Waals surface area contributed by atoms with Crippen LogP contribution < -0.4 is 0 Å². The average Bonchev–Trinajstić information content (AvgIpc) is 2.87. The van der Waals surface area contributed by atoms with Gasteiger partial charge in [0.25, 0.3) is 5.91 Å². The van der Waals surface area contributed by atoms with Crippen LogP contribution >= 0.6 is 0 Å². The van der Waals surface area contributed by atoms with Gasteiger partial charge in [0, 0.05) is 26.8 Å². The fraction of sp³-hybridized carbons (Fsp3) is 0.643. The van der Waals surface area contributed by atoms with Gasteiger partial charge in [-0.2, -0.15) is 5.10 Å². The molecule has 2 aliphatic rings. The predicted molar refractivity (Wildman–Crippen MR) is 76.3 cm³/mol. The van der Waals surface area contributed by atoms with E-state index in [4.69, 9.17) is 9.47 Å². The van der Waals surface area contributed by atoms with Crippen molar-refractivity contribution in [2.75, 3.05) is 46.5 Å². The van der Waals surface area contributed by atoms with E-state index in [-0.39, 0.29) is 18.4 Å². The third kappa shape index (κ3) is 2.71. The molecule has 0 aromatic carbocycles. The molecule has 2 aliphatic heterocycles. The highest BCUT2D eigenvalue weighted by molar-refractivity contribution is 5.92. The number of rotatable bonds is 1. The Bertz CT molecular complexity index is 587. The molecule has 2 amide bonds. The van der Waals surface area contributed by atoms with Gasteiger partial charge < -0.3 is 19.3 Å². The summed E-state index contributed by atoms with van der Waals surface area (Å²) < 4.78 is 12.9. The lowest BCUT2D eigenvalue weighted by Crippen LogP contribution is -2.59. The third-order valence-electron chi connectivity index (χ3n) is 4.12. The number of carbonyl (C=O) groups excluding carboxylic acids is 2. The lowest BCUT2D eigenvalue weighted by molar-refractivity contribution is -0.135. The van der Waals surface area contributed by atoms with Crippen LogP contribution in [0.2, 0.25) is 0 Å². The van der Waals surface area contributed by atoms with Crippen LogP contribution in [0.4, 0.5) is 0 Å². The summed E-state index contributed by atoms with van der Waals surface area (Å²) in [6.45, 7) is 2.11. The van der Waals surface area contributed by atoms with E-state index in [2.05, 4.69) is 5.10 Å². The highest BCUT2D eigenvalue weighted by atomic mass is 16.5. The van der Waals surface area contributed by atoms with E-state index in [1.807, 2.05) is 0 Å². The summed E-state index contributed by atoms with van der Waals surface area (Å²) in [6, 6.07) is 1.70. The summed E-state index contributed by atoms with van der Waals surface area (Å²) in [4.78, 5) is 27.7. The van der Waals surface area contributed by atoms with Gasteiger partial charge in [-0.25, -0.2) is 0 Å². The first-order chi connectivity index (χ1) is 10.5. The summed E-state index contributed by atoms with van der Waals surface area (Å²) in [7, 11) is 3.47. The van der Waals surface area contributed by atoms with Crippen molar-refractivity contribution in [1.82, 2.24) is 19.6 Å². The molecule has 8 nitrogen and oxygen atoms in total. The minimum absolute atomic E-state index is 0.0529. The maximum absolute atomic E-state index is 12.6. The van der Waals surface area contributed by atoms with E-state index in [1.54, 1.807) is 40.8 Å². The number of ether oxygens (including phenoxy) is 2. The van der Waals surface area contributed by atoms with E-state index >= 15 is 0 Å². The molecule has 1 atom stereocenters. The second-order valence-corrected chi connectivity index (χ2v) is 5.84. The Morgan fingerprint density at radius 1 is 1.36 bits per heavy atom. The van der Waals surface area contributed by atoms with Crippen LogP contribution in [0.1, 0.15) is 10.5 Å².